The molecule has 0 bridgehead atoms. The van der Waals surface area contributed by atoms with Gasteiger partial charge in [-0.3, -0.25) is 0 Å². The molecule has 0 heterocycles. The van der Waals surface area contributed by atoms with Crippen LogP contribution in [0.4, 0.5) is 13.2 Å². The Bertz CT molecular complexity index is 978. The number of aryl methyl sites for hydroxylation is 2. The van der Waals surface area contributed by atoms with E-state index in [1.807, 2.05) is 6.07 Å². The highest BCUT2D eigenvalue weighted by Gasteiger charge is 2.21. The highest BCUT2D eigenvalue weighted by atomic mass is 19.3. The molecule has 27 heavy (non-hydrogen) atoms. The molecule has 138 valence electrons. The summed E-state index contributed by atoms with van der Waals surface area (Å²) in [6.45, 7) is -0.744. The van der Waals surface area contributed by atoms with Crippen molar-refractivity contribution in [2.45, 2.75) is 32.8 Å². The second-order valence-electron chi connectivity index (χ2n) is 6.70. The van der Waals surface area contributed by atoms with Crippen LogP contribution >= 0.6 is 0 Å². The van der Waals surface area contributed by atoms with Crippen molar-refractivity contribution in [3.8, 4) is 28.0 Å². The third kappa shape index (κ3) is 3.32. The molecule has 3 aromatic rings. The zero-order valence-corrected chi connectivity index (χ0v) is 14.9. The molecule has 0 fully saturated rings. The largest absolute Gasteiger partial charge is 0.435 e. The first-order chi connectivity index (χ1) is 13.1. The molecule has 0 atom stereocenters. The molecule has 0 saturated carbocycles. The molecule has 0 amide bonds. The fourth-order valence-corrected chi connectivity index (χ4v) is 3.75. The van der Waals surface area contributed by atoms with Crippen molar-refractivity contribution in [2.24, 2.45) is 0 Å². The van der Waals surface area contributed by atoms with Gasteiger partial charge in [0.1, 0.15) is 11.6 Å². The summed E-state index contributed by atoms with van der Waals surface area (Å²) in [4.78, 5) is 0. The van der Waals surface area contributed by atoms with E-state index in [0.29, 0.717) is 17.5 Å². The van der Waals surface area contributed by atoms with Crippen LogP contribution in [0.25, 0.3) is 22.3 Å². The summed E-state index contributed by atoms with van der Waals surface area (Å²) < 4.78 is 44.2. The number of hydrogen-bond donors (Lipinski definition) is 0. The fraction of sp³-hybridized carbons (Fsp3) is 0.217. The summed E-state index contributed by atoms with van der Waals surface area (Å²) >= 11 is 0. The van der Waals surface area contributed by atoms with Gasteiger partial charge >= 0.3 is 6.61 Å². The van der Waals surface area contributed by atoms with Crippen molar-refractivity contribution >= 4 is 0 Å². The molecule has 0 aliphatic heterocycles. The SMILES string of the molecule is CCc1ccc2c(c1)CCc1c-2ccc(-c2ccc(OC(F)F)cc2)c1F. The van der Waals surface area contributed by atoms with Crippen LogP contribution in [-0.2, 0) is 19.3 Å². The molecule has 0 spiro atoms. The predicted octanol–water partition coefficient (Wildman–Crippen LogP) is 6.42. The number of halogens is 3. The van der Waals surface area contributed by atoms with E-state index in [2.05, 4.69) is 29.9 Å². The Hall–Kier alpha value is -2.75. The van der Waals surface area contributed by atoms with Gasteiger partial charge in [-0.1, -0.05) is 49.4 Å². The minimum atomic E-state index is -2.87. The van der Waals surface area contributed by atoms with Gasteiger partial charge in [0.25, 0.3) is 0 Å². The summed E-state index contributed by atoms with van der Waals surface area (Å²) in [6.07, 6.45) is 2.46. The summed E-state index contributed by atoms with van der Waals surface area (Å²) in [7, 11) is 0. The normalized spacial score (nSPS) is 12.6. The monoisotopic (exact) mass is 368 g/mol. The van der Waals surface area contributed by atoms with Crippen LogP contribution in [0.1, 0.15) is 23.6 Å². The standard InChI is InChI=1S/C23H19F3O/c1-2-14-3-9-18-16(13-14)6-10-21-20(18)12-11-19(22(21)24)15-4-7-17(8-5-15)27-23(25)26/h3-5,7-9,11-13,23H,2,6,10H2,1H3. The molecule has 3 aromatic carbocycles. The molecule has 0 radical (unpaired) electrons. The Morgan fingerprint density at radius 1 is 0.889 bits per heavy atom. The lowest BCUT2D eigenvalue weighted by atomic mass is 9.83. The van der Waals surface area contributed by atoms with Crippen LogP contribution in [-0.4, -0.2) is 6.61 Å². The van der Waals surface area contributed by atoms with Gasteiger partial charge in [-0.25, -0.2) is 4.39 Å². The van der Waals surface area contributed by atoms with E-state index >= 15 is 4.39 Å². The minimum absolute atomic E-state index is 0.0628. The van der Waals surface area contributed by atoms with Gasteiger partial charge < -0.3 is 4.74 Å². The lowest BCUT2D eigenvalue weighted by Crippen LogP contribution is -2.08. The number of ether oxygens (including phenoxy) is 1. The van der Waals surface area contributed by atoms with Crippen molar-refractivity contribution in [3.63, 3.8) is 0 Å². The topological polar surface area (TPSA) is 9.23 Å². The van der Waals surface area contributed by atoms with E-state index in [-0.39, 0.29) is 11.6 Å². The molecule has 0 N–H and O–H groups in total. The van der Waals surface area contributed by atoms with E-state index in [1.165, 1.54) is 23.3 Å². The van der Waals surface area contributed by atoms with Crippen LogP contribution in [0.5, 0.6) is 5.75 Å². The number of alkyl halides is 2. The summed E-state index contributed by atoms with van der Waals surface area (Å²) in [5.74, 6) is -0.173. The van der Waals surface area contributed by atoms with E-state index in [1.54, 1.807) is 18.2 Å². The molecular weight excluding hydrogens is 349 g/mol. The maximum atomic E-state index is 15.2. The molecule has 1 aliphatic rings. The van der Waals surface area contributed by atoms with Gasteiger partial charge in [0.2, 0.25) is 0 Å². The minimum Gasteiger partial charge on any atom is -0.435 e. The van der Waals surface area contributed by atoms with Gasteiger partial charge in [-0.15, -0.1) is 0 Å². The molecule has 4 heteroatoms. The maximum Gasteiger partial charge on any atom is 0.387 e. The maximum absolute atomic E-state index is 15.2. The van der Waals surface area contributed by atoms with E-state index in [0.717, 1.165) is 29.5 Å². The summed E-state index contributed by atoms with van der Waals surface area (Å²) in [6, 6.07) is 16.2. The summed E-state index contributed by atoms with van der Waals surface area (Å²) in [5, 5.41) is 0. The quantitative estimate of drug-likeness (QED) is 0.516. The lowest BCUT2D eigenvalue weighted by Gasteiger charge is -2.22. The Kier molecular flexibility index (Phi) is 4.65. The second-order valence-corrected chi connectivity index (χ2v) is 6.70. The lowest BCUT2D eigenvalue weighted by molar-refractivity contribution is -0.0498. The molecule has 1 aliphatic carbocycles. The molecule has 0 aromatic heterocycles. The first kappa shape index (κ1) is 17.7. The first-order valence-electron chi connectivity index (χ1n) is 9.05. The van der Waals surface area contributed by atoms with E-state index < -0.39 is 6.61 Å². The highest BCUT2D eigenvalue weighted by molar-refractivity contribution is 5.78. The molecule has 0 unspecified atom stereocenters. The Morgan fingerprint density at radius 3 is 2.30 bits per heavy atom. The van der Waals surface area contributed by atoms with Gasteiger partial charge in [0.05, 0.1) is 0 Å². The van der Waals surface area contributed by atoms with Crippen LogP contribution in [0.15, 0.2) is 54.6 Å². The Labute approximate surface area is 156 Å². The summed E-state index contributed by atoms with van der Waals surface area (Å²) in [5.41, 5.74) is 6.44. The van der Waals surface area contributed by atoms with Gasteiger partial charge in [-0.05, 0) is 64.8 Å². The third-order valence-electron chi connectivity index (χ3n) is 5.15. The second kappa shape index (κ2) is 7.10. The molecule has 4 rings (SSSR count). The number of benzene rings is 3. The Balaban J connectivity index is 1.72. The van der Waals surface area contributed by atoms with E-state index in [4.69, 9.17) is 0 Å². The fourth-order valence-electron chi connectivity index (χ4n) is 3.75. The zero-order chi connectivity index (χ0) is 19.0. The van der Waals surface area contributed by atoms with E-state index in [9.17, 15) is 8.78 Å². The molecule has 0 saturated heterocycles. The van der Waals surface area contributed by atoms with Crippen molar-refractivity contribution < 1.29 is 17.9 Å². The van der Waals surface area contributed by atoms with Crippen LogP contribution in [0, 0.1) is 5.82 Å². The van der Waals surface area contributed by atoms with Crippen molar-refractivity contribution in [1.29, 1.82) is 0 Å². The van der Waals surface area contributed by atoms with Gasteiger partial charge in [0, 0.05) is 5.56 Å². The number of hydrogen-bond acceptors (Lipinski definition) is 1. The number of rotatable bonds is 4. The average Bonchev–Trinajstić information content (AvgIpc) is 2.68. The van der Waals surface area contributed by atoms with Crippen LogP contribution in [0.3, 0.4) is 0 Å². The van der Waals surface area contributed by atoms with Crippen molar-refractivity contribution in [2.75, 3.05) is 0 Å². The number of fused-ring (bicyclic) bond motifs is 3. The van der Waals surface area contributed by atoms with Crippen LogP contribution < -0.4 is 4.74 Å². The molecule has 1 nitrogen and oxygen atoms in total. The zero-order valence-electron chi connectivity index (χ0n) is 14.9. The first-order valence-corrected chi connectivity index (χ1v) is 9.05. The smallest absolute Gasteiger partial charge is 0.387 e. The highest BCUT2D eigenvalue weighted by Crippen LogP contribution is 2.39. The average molecular weight is 368 g/mol. The van der Waals surface area contributed by atoms with Crippen molar-refractivity contribution in [3.05, 3.63) is 77.1 Å². The van der Waals surface area contributed by atoms with Crippen molar-refractivity contribution in [1.82, 2.24) is 0 Å². The molecular formula is C23H19F3O. The van der Waals surface area contributed by atoms with Gasteiger partial charge in [0.15, 0.2) is 0 Å². The van der Waals surface area contributed by atoms with Crippen LogP contribution in [0.2, 0.25) is 0 Å². The Morgan fingerprint density at radius 2 is 1.59 bits per heavy atom. The van der Waals surface area contributed by atoms with Gasteiger partial charge in [-0.2, -0.15) is 8.78 Å². The third-order valence-corrected chi connectivity index (χ3v) is 5.15. The predicted molar refractivity (Wildman–Crippen MR) is 101 cm³/mol.